The molecule has 0 aliphatic heterocycles. The van der Waals surface area contributed by atoms with Gasteiger partial charge in [0.15, 0.2) is 5.82 Å². The highest BCUT2D eigenvalue weighted by molar-refractivity contribution is 5.95. The summed E-state index contributed by atoms with van der Waals surface area (Å²) in [6, 6.07) is 25.3. The maximum atomic E-state index is 11.5. The summed E-state index contributed by atoms with van der Waals surface area (Å²) in [5, 5.41) is 14.2. The molecule has 1 aromatic heterocycles. The van der Waals surface area contributed by atoms with E-state index in [0.29, 0.717) is 30.5 Å². The number of benzene rings is 3. The molecule has 0 aliphatic rings. The average Bonchev–Trinajstić information content (AvgIpc) is 3.24. The fourth-order valence-corrected chi connectivity index (χ4v) is 3.81. The Morgan fingerprint density at radius 1 is 0.879 bits per heavy atom. The van der Waals surface area contributed by atoms with Gasteiger partial charge in [0, 0.05) is 19.3 Å². The van der Waals surface area contributed by atoms with Gasteiger partial charge in [0.25, 0.3) is 0 Å². The number of carbonyl (C=O) groups is 1. The van der Waals surface area contributed by atoms with E-state index in [9.17, 15) is 9.90 Å². The van der Waals surface area contributed by atoms with E-state index in [0.717, 1.165) is 35.6 Å². The lowest BCUT2D eigenvalue weighted by molar-refractivity contribution is 0.0697. The van der Waals surface area contributed by atoms with Crippen LogP contribution in [0.1, 0.15) is 39.6 Å². The Labute approximate surface area is 193 Å². The van der Waals surface area contributed by atoms with Gasteiger partial charge in [0.1, 0.15) is 5.82 Å². The highest BCUT2D eigenvalue weighted by Gasteiger charge is 2.13. The van der Waals surface area contributed by atoms with E-state index in [2.05, 4.69) is 18.1 Å². The second-order valence-electron chi connectivity index (χ2n) is 7.84. The number of hydrogen-bond donors (Lipinski definition) is 1. The lowest BCUT2D eigenvalue weighted by Crippen LogP contribution is -2.07. The number of carboxylic acid groups (broad SMARTS) is 1. The Hall–Kier alpha value is -4.17. The van der Waals surface area contributed by atoms with Gasteiger partial charge in [-0.25, -0.2) is 14.5 Å². The standard InChI is InChI=1S/C28H25N3O2/c1-2-3-13-27-29-26(19-16-21-9-5-4-6-10-21)30-31(27)20-22-14-17-23(18-15-22)24-11-7-8-12-25(24)28(32)33/h1,4-12,14-15,17-18H,3,13,16,19-20H2,(H,32,33). The minimum absolute atomic E-state index is 0.293. The Morgan fingerprint density at radius 2 is 1.61 bits per heavy atom. The van der Waals surface area contributed by atoms with Gasteiger partial charge in [0.2, 0.25) is 0 Å². The summed E-state index contributed by atoms with van der Waals surface area (Å²) in [6.07, 6.45) is 8.42. The number of carboxylic acids is 1. The molecule has 0 saturated heterocycles. The number of aromatic nitrogens is 3. The Kier molecular flexibility index (Phi) is 6.96. The predicted molar refractivity (Wildman–Crippen MR) is 129 cm³/mol. The first-order valence-corrected chi connectivity index (χ1v) is 11.0. The van der Waals surface area contributed by atoms with Crippen LogP contribution in [0, 0.1) is 12.3 Å². The normalized spacial score (nSPS) is 10.6. The number of rotatable bonds is 9. The van der Waals surface area contributed by atoms with Crippen LogP contribution in [0.3, 0.4) is 0 Å². The van der Waals surface area contributed by atoms with Crippen LogP contribution in [0.25, 0.3) is 11.1 Å². The third-order valence-corrected chi connectivity index (χ3v) is 5.52. The molecule has 0 unspecified atom stereocenters. The number of hydrogen-bond acceptors (Lipinski definition) is 3. The molecule has 4 rings (SSSR count). The van der Waals surface area contributed by atoms with E-state index < -0.39 is 5.97 Å². The highest BCUT2D eigenvalue weighted by atomic mass is 16.4. The van der Waals surface area contributed by atoms with Gasteiger partial charge in [-0.3, -0.25) is 0 Å². The van der Waals surface area contributed by atoms with Crippen molar-refractivity contribution in [1.82, 2.24) is 14.8 Å². The highest BCUT2D eigenvalue weighted by Crippen LogP contribution is 2.24. The van der Waals surface area contributed by atoms with Gasteiger partial charge in [-0.05, 0) is 34.7 Å². The molecule has 0 amide bonds. The Morgan fingerprint density at radius 3 is 2.33 bits per heavy atom. The monoisotopic (exact) mass is 435 g/mol. The van der Waals surface area contributed by atoms with Crippen LogP contribution >= 0.6 is 0 Å². The largest absolute Gasteiger partial charge is 0.478 e. The molecule has 0 radical (unpaired) electrons. The van der Waals surface area contributed by atoms with Crippen molar-refractivity contribution < 1.29 is 9.90 Å². The van der Waals surface area contributed by atoms with Crippen molar-refractivity contribution in [2.24, 2.45) is 0 Å². The molecule has 0 fully saturated rings. The number of nitrogens with zero attached hydrogens (tertiary/aromatic N) is 3. The summed E-state index contributed by atoms with van der Waals surface area (Å²) in [6.45, 7) is 0.582. The second kappa shape index (κ2) is 10.4. The van der Waals surface area contributed by atoms with Gasteiger partial charge >= 0.3 is 5.97 Å². The average molecular weight is 436 g/mol. The van der Waals surface area contributed by atoms with E-state index in [1.165, 1.54) is 5.56 Å². The zero-order valence-electron chi connectivity index (χ0n) is 18.3. The molecule has 1 N–H and O–H groups in total. The quantitative estimate of drug-likeness (QED) is 0.374. The van der Waals surface area contributed by atoms with Crippen LogP contribution < -0.4 is 0 Å². The van der Waals surface area contributed by atoms with Gasteiger partial charge in [0.05, 0.1) is 12.1 Å². The van der Waals surface area contributed by atoms with E-state index in [1.54, 1.807) is 12.1 Å². The first kappa shape index (κ1) is 22.0. The van der Waals surface area contributed by atoms with E-state index in [-0.39, 0.29) is 0 Å². The lowest BCUT2D eigenvalue weighted by Gasteiger charge is -2.09. The third-order valence-electron chi connectivity index (χ3n) is 5.52. The molecule has 3 aromatic carbocycles. The van der Waals surface area contributed by atoms with Gasteiger partial charge in [-0.1, -0.05) is 72.8 Å². The van der Waals surface area contributed by atoms with Gasteiger partial charge in [-0.2, -0.15) is 5.10 Å². The molecule has 1 heterocycles. The van der Waals surface area contributed by atoms with Crippen LogP contribution in [0.4, 0.5) is 0 Å². The van der Waals surface area contributed by atoms with E-state index in [4.69, 9.17) is 16.5 Å². The maximum Gasteiger partial charge on any atom is 0.336 e. The summed E-state index contributed by atoms with van der Waals surface area (Å²) in [4.78, 5) is 16.3. The smallest absolute Gasteiger partial charge is 0.336 e. The Bertz CT molecular complexity index is 1270. The molecule has 0 saturated carbocycles. The first-order valence-electron chi connectivity index (χ1n) is 11.0. The van der Waals surface area contributed by atoms with Crippen molar-refractivity contribution in [1.29, 1.82) is 0 Å². The number of aromatic carboxylic acids is 1. The van der Waals surface area contributed by atoms with Crippen LogP contribution in [-0.4, -0.2) is 25.8 Å². The van der Waals surface area contributed by atoms with Crippen molar-refractivity contribution in [2.45, 2.75) is 32.2 Å². The molecule has 0 bridgehead atoms. The topological polar surface area (TPSA) is 68.0 Å². The molecule has 4 aromatic rings. The molecule has 0 aliphatic carbocycles. The second-order valence-corrected chi connectivity index (χ2v) is 7.84. The zero-order valence-corrected chi connectivity index (χ0v) is 18.3. The fraction of sp³-hybridized carbons (Fsp3) is 0.179. The molecule has 5 heteroatoms. The minimum atomic E-state index is -0.932. The van der Waals surface area contributed by atoms with E-state index in [1.807, 2.05) is 59.3 Å². The number of aryl methyl sites for hydroxylation is 3. The van der Waals surface area contributed by atoms with Crippen LogP contribution in [0.15, 0.2) is 78.9 Å². The van der Waals surface area contributed by atoms with Crippen molar-refractivity contribution in [2.75, 3.05) is 0 Å². The molecule has 33 heavy (non-hydrogen) atoms. The summed E-state index contributed by atoms with van der Waals surface area (Å²) in [5.41, 5.74) is 4.19. The molecule has 164 valence electrons. The van der Waals surface area contributed by atoms with Crippen LogP contribution in [-0.2, 0) is 25.8 Å². The van der Waals surface area contributed by atoms with Crippen molar-refractivity contribution in [3.05, 3.63) is 107 Å². The third kappa shape index (κ3) is 5.55. The zero-order chi connectivity index (χ0) is 23.0. The Balaban J connectivity index is 1.52. The van der Waals surface area contributed by atoms with Gasteiger partial charge < -0.3 is 5.11 Å². The van der Waals surface area contributed by atoms with Crippen molar-refractivity contribution in [3.63, 3.8) is 0 Å². The fourth-order valence-electron chi connectivity index (χ4n) is 3.81. The minimum Gasteiger partial charge on any atom is -0.478 e. The molecular formula is C28H25N3O2. The van der Waals surface area contributed by atoms with Crippen LogP contribution in [0.2, 0.25) is 0 Å². The SMILES string of the molecule is C#CCCc1nc(CCc2ccccc2)nn1Cc1ccc(-c2ccccc2C(=O)O)cc1. The van der Waals surface area contributed by atoms with E-state index >= 15 is 0 Å². The summed E-state index contributed by atoms with van der Waals surface area (Å²) in [5.74, 6) is 3.46. The molecule has 5 nitrogen and oxygen atoms in total. The maximum absolute atomic E-state index is 11.5. The molecule has 0 spiro atoms. The lowest BCUT2D eigenvalue weighted by atomic mass is 9.99. The van der Waals surface area contributed by atoms with Gasteiger partial charge in [-0.15, -0.1) is 12.3 Å². The number of terminal acetylenes is 1. The summed E-state index contributed by atoms with van der Waals surface area (Å²) in [7, 11) is 0. The first-order chi connectivity index (χ1) is 16.1. The molecule has 0 atom stereocenters. The van der Waals surface area contributed by atoms with Crippen molar-refractivity contribution in [3.8, 4) is 23.5 Å². The predicted octanol–water partition coefficient (Wildman–Crippen LogP) is 5.04. The summed E-state index contributed by atoms with van der Waals surface area (Å²) < 4.78 is 1.93. The summed E-state index contributed by atoms with van der Waals surface area (Å²) >= 11 is 0. The van der Waals surface area contributed by atoms with Crippen LogP contribution in [0.5, 0.6) is 0 Å². The van der Waals surface area contributed by atoms with Crippen molar-refractivity contribution >= 4 is 5.97 Å². The molecular weight excluding hydrogens is 410 g/mol.